The Morgan fingerprint density at radius 1 is 1.00 bits per heavy atom. The predicted molar refractivity (Wildman–Crippen MR) is 110 cm³/mol. The normalized spacial score (nSPS) is 15.6. The van der Waals surface area contributed by atoms with E-state index < -0.39 is 0 Å². The molecule has 2 heterocycles. The lowest BCUT2D eigenvalue weighted by Crippen LogP contribution is -2.45. The van der Waals surface area contributed by atoms with Crippen molar-refractivity contribution in [2.24, 2.45) is 0 Å². The Morgan fingerprint density at radius 3 is 2.38 bits per heavy atom. The van der Waals surface area contributed by atoms with Crippen LogP contribution in [0.5, 0.6) is 5.75 Å². The predicted octanol–water partition coefficient (Wildman–Crippen LogP) is 4.12. The number of ether oxygens (including phenoxy) is 1. The number of hydrogen-bond acceptors (Lipinski definition) is 5. The van der Waals surface area contributed by atoms with Crippen LogP contribution in [0, 0.1) is 12.7 Å². The monoisotopic (exact) mass is 395 g/mol. The van der Waals surface area contributed by atoms with Gasteiger partial charge in [-0.1, -0.05) is 17.7 Å². The molecule has 29 heavy (non-hydrogen) atoms. The van der Waals surface area contributed by atoms with Crippen molar-refractivity contribution in [2.75, 3.05) is 33.3 Å². The number of oxazole rings is 1. The average Bonchev–Trinajstić information content (AvgIpc) is 3.19. The molecule has 0 unspecified atom stereocenters. The average molecular weight is 395 g/mol. The third-order valence-corrected chi connectivity index (χ3v) is 5.34. The molecule has 4 rings (SSSR count). The van der Waals surface area contributed by atoms with Crippen LogP contribution in [0.25, 0.3) is 11.3 Å². The summed E-state index contributed by atoms with van der Waals surface area (Å²) in [4.78, 5) is 9.20. The minimum atomic E-state index is -0.255. The van der Waals surface area contributed by atoms with Gasteiger partial charge in [0.15, 0.2) is 5.76 Å². The second kappa shape index (κ2) is 8.76. The van der Waals surface area contributed by atoms with Crippen molar-refractivity contribution in [1.29, 1.82) is 0 Å². The van der Waals surface area contributed by atoms with Gasteiger partial charge in [-0.2, -0.15) is 0 Å². The lowest BCUT2D eigenvalue weighted by Gasteiger charge is -2.34. The quantitative estimate of drug-likeness (QED) is 0.628. The fourth-order valence-corrected chi connectivity index (χ4v) is 3.70. The smallest absolute Gasteiger partial charge is 0.209 e. The first-order chi connectivity index (χ1) is 14.1. The molecule has 0 bridgehead atoms. The van der Waals surface area contributed by atoms with Crippen LogP contribution >= 0.6 is 0 Å². The number of aromatic nitrogens is 1. The minimum Gasteiger partial charge on any atom is -0.496 e. The van der Waals surface area contributed by atoms with Crippen molar-refractivity contribution in [3.05, 3.63) is 71.5 Å². The van der Waals surface area contributed by atoms with Crippen LogP contribution in [0.15, 0.2) is 53.1 Å². The largest absolute Gasteiger partial charge is 0.496 e. The molecule has 1 aromatic heterocycles. The van der Waals surface area contributed by atoms with E-state index in [4.69, 9.17) is 9.15 Å². The summed E-state index contributed by atoms with van der Waals surface area (Å²) in [5.74, 6) is 2.06. The highest BCUT2D eigenvalue weighted by atomic mass is 19.1. The van der Waals surface area contributed by atoms with Crippen molar-refractivity contribution in [3.8, 4) is 17.1 Å². The van der Waals surface area contributed by atoms with Crippen molar-refractivity contribution in [2.45, 2.75) is 20.0 Å². The molecule has 0 atom stereocenters. The number of aryl methyl sites for hydroxylation is 1. The number of nitrogens with zero attached hydrogens (tertiary/aromatic N) is 3. The number of benzene rings is 2. The highest BCUT2D eigenvalue weighted by molar-refractivity contribution is 5.55. The minimum absolute atomic E-state index is 0.255. The fraction of sp³-hybridized carbons (Fsp3) is 0.348. The van der Waals surface area contributed by atoms with Gasteiger partial charge in [-0.15, -0.1) is 0 Å². The van der Waals surface area contributed by atoms with E-state index in [0.29, 0.717) is 18.2 Å². The fourth-order valence-electron chi connectivity index (χ4n) is 3.70. The molecule has 0 amide bonds. The van der Waals surface area contributed by atoms with Crippen LogP contribution in [-0.2, 0) is 13.1 Å². The number of piperazine rings is 1. The first-order valence-electron chi connectivity index (χ1n) is 9.89. The van der Waals surface area contributed by atoms with E-state index in [1.807, 2.05) is 6.07 Å². The van der Waals surface area contributed by atoms with Crippen molar-refractivity contribution < 1.29 is 13.5 Å². The van der Waals surface area contributed by atoms with Gasteiger partial charge in [0.2, 0.25) is 5.89 Å². The molecule has 0 radical (unpaired) electrons. The molecular weight excluding hydrogens is 369 g/mol. The summed E-state index contributed by atoms with van der Waals surface area (Å²) >= 11 is 0. The molecule has 152 valence electrons. The third-order valence-electron chi connectivity index (χ3n) is 5.34. The molecule has 0 spiro atoms. The van der Waals surface area contributed by atoms with Crippen LogP contribution in [0.2, 0.25) is 0 Å². The number of methoxy groups -OCH3 is 1. The molecule has 5 nitrogen and oxygen atoms in total. The van der Waals surface area contributed by atoms with Gasteiger partial charge in [-0.05, 0) is 37.3 Å². The summed E-state index contributed by atoms with van der Waals surface area (Å²) in [7, 11) is 1.72. The molecule has 1 fully saturated rings. The van der Waals surface area contributed by atoms with Crippen molar-refractivity contribution in [3.63, 3.8) is 0 Å². The summed E-state index contributed by atoms with van der Waals surface area (Å²) in [6.45, 7) is 7.59. The zero-order chi connectivity index (χ0) is 20.2. The van der Waals surface area contributed by atoms with E-state index in [-0.39, 0.29) is 5.82 Å². The molecule has 1 saturated heterocycles. The van der Waals surface area contributed by atoms with Gasteiger partial charge in [0, 0.05) is 43.9 Å². The van der Waals surface area contributed by atoms with Gasteiger partial charge in [-0.25, -0.2) is 9.37 Å². The van der Waals surface area contributed by atoms with Gasteiger partial charge >= 0.3 is 0 Å². The van der Waals surface area contributed by atoms with Gasteiger partial charge < -0.3 is 9.15 Å². The van der Waals surface area contributed by atoms with Gasteiger partial charge in [-0.3, -0.25) is 9.80 Å². The first-order valence-corrected chi connectivity index (χ1v) is 9.89. The van der Waals surface area contributed by atoms with Crippen molar-refractivity contribution >= 4 is 0 Å². The molecule has 6 heteroatoms. The Balaban J connectivity index is 1.31. The van der Waals surface area contributed by atoms with Gasteiger partial charge in [0.05, 0.1) is 19.9 Å². The Morgan fingerprint density at radius 2 is 1.69 bits per heavy atom. The van der Waals surface area contributed by atoms with Crippen LogP contribution in [0.4, 0.5) is 4.39 Å². The van der Waals surface area contributed by atoms with E-state index in [2.05, 4.69) is 33.8 Å². The van der Waals surface area contributed by atoms with E-state index in [0.717, 1.165) is 44.0 Å². The lowest BCUT2D eigenvalue weighted by molar-refractivity contribution is 0.114. The standard InChI is InChI=1S/C23H26FN3O2/c1-17-3-8-21(28-2)19(13-17)15-26-9-11-27(12-10-26)16-23-25-14-22(29-23)18-4-6-20(24)7-5-18/h3-8,13-14H,9-12,15-16H2,1-2H3. The zero-order valence-corrected chi connectivity index (χ0v) is 16.9. The Labute approximate surface area is 170 Å². The Hall–Kier alpha value is -2.70. The number of rotatable bonds is 6. The molecule has 0 N–H and O–H groups in total. The van der Waals surface area contributed by atoms with Crippen LogP contribution in [0.3, 0.4) is 0 Å². The maximum absolute atomic E-state index is 13.1. The summed E-state index contributed by atoms with van der Waals surface area (Å²) in [5, 5.41) is 0. The summed E-state index contributed by atoms with van der Waals surface area (Å²) in [6, 6.07) is 12.6. The SMILES string of the molecule is COc1ccc(C)cc1CN1CCN(Cc2ncc(-c3ccc(F)cc3)o2)CC1. The molecule has 2 aromatic carbocycles. The van der Waals surface area contributed by atoms with Gasteiger partial charge in [0.1, 0.15) is 11.6 Å². The Kier molecular flexibility index (Phi) is 5.92. The van der Waals surface area contributed by atoms with Crippen LogP contribution in [0.1, 0.15) is 17.0 Å². The van der Waals surface area contributed by atoms with Crippen molar-refractivity contribution in [1.82, 2.24) is 14.8 Å². The maximum atomic E-state index is 13.1. The molecule has 1 aliphatic heterocycles. The van der Waals surface area contributed by atoms with E-state index in [1.165, 1.54) is 23.3 Å². The topological polar surface area (TPSA) is 41.7 Å². The number of hydrogen-bond donors (Lipinski definition) is 0. The van der Waals surface area contributed by atoms with E-state index in [1.54, 1.807) is 25.4 Å². The zero-order valence-electron chi connectivity index (χ0n) is 16.9. The highest BCUT2D eigenvalue weighted by Crippen LogP contribution is 2.23. The third kappa shape index (κ3) is 4.83. The molecular formula is C23H26FN3O2. The molecule has 0 aliphatic carbocycles. The number of halogens is 1. The summed E-state index contributed by atoms with van der Waals surface area (Å²) in [6.07, 6.45) is 1.71. The maximum Gasteiger partial charge on any atom is 0.209 e. The first kappa shape index (κ1) is 19.6. The second-order valence-electron chi connectivity index (χ2n) is 7.49. The van der Waals surface area contributed by atoms with Crippen LogP contribution < -0.4 is 4.74 Å². The summed E-state index contributed by atoms with van der Waals surface area (Å²) < 4.78 is 24.5. The highest BCUT2D eigenvalue weighted by Gasteiger charge is 2.20. The second-order valence-corrected chi connectivity index (χ2v) is 7.49. The van der Waals surface area contributed by atoms with Gasteiger partial charge in [0.25, 0.3) is 0 Å². The summed E-state index contributed by atoms with van der Waals surface area (Å²) in [5.41, 5.74) is 3.32. The van der Waals surface area contributed by atoms with E-state index in [9.17, 15) is 4.39 Å². The molecule has 1 aliphatic rings. The Bertz CT molecular complexity index is 947. The molecule has 0 saturated carbocycles. The van der Waals surface area contributed by atoms with Crippen LogP contribution in [-0.4, -0.2) is 48.1 Å². The lowest BCUT2D eigenvalue weighted by atomic mass is 10.1. The van der Waals surface area contributed by atoms with E-state index >= 15 is 0 Å². The molecule has 3 aromatic rings.